The Labute approximate surface area is 215 Å². The van der Waals surface area contributed by atoms with Crippen LogP contribution in [0.2, 0.25) is 0 Å². The summed E-state index contributed by atoms with van der Waals surface area (Å²) >= 11 is 0. The zero-order chi connectivity index (χ0) is 25.4. The van der Waals surface area contributed by atoms with E-state index in [1.165, 1.54) is 11.1 Å². The molecule has 4 aromatic rings. The van der Waals surface area contributed by atoms with Crippen LogP contribution in [0.5, 0.6) is 5.75 Å². The average molecular weight is 495 g/mol. The van der Waals surface area contributed by atoms with Gasteiger partial charge in [0.15, 0.2) is 0 Å². The number of aliphatic hydroxyl groups excluding tert-OH is 1. The van der Waals surface area contributed by atoms with Crippen molar-refractivity contribution < 1.29 is 9.84 Å². The maximum atomic E-state index is 9.51. The maximum absolute atomic E-state index is 9.51. The van der Waals surface area contributed by atoms with Gasteiger partial charge in [-0.1, -0.05) is 18.2 Å². The molecule has 8 heteroatoms. The van der Waals surface area contributed by atoms with Crippen molar-refractivity contribution in [3.8, 4) is 34.3 Å². The van der Waals surface area contributed by atoms with E-state index in [9.17, 15) is 10.4 Å². The molecule has 6 rings (SSSR count). The SMILES string of the molecule is COc1cc2[nH]nc(-c3ccc(C4CC(C#N)CCN4CCO)nc3)c2nc1-c1cccc2c1CCC2. The molecular formula is C29H30N6O2. The van der Waals surface area contributed by atoms with E-state index < -0.39 is 0 Å². The summed E-state index contributed by atoms with van der Waals surface area (Å²) in [7, 11) is 1.68. The molecule has 1 aromatic carbocycles. The monoisotopic (exact) mass is 494 g/mol. The molecule has 188 valence electrons. The first-order chi connectivity index (χ1) is 18.2. The lowest BCUT2D eigenvalue weighted by molar-refractivity contribution is 0.0998. The van der Waals surface area contributed by atoms with Crippen molar-refractivity contribution in [1.29, 1.82) is 5.26 Å². The van der Waals surface area contributed by atoms with E-state index >= 15 is 0 Å². The van der Waals surface area contributed by atoms with Crippen LogP contribution in [0.3, 0.4) is 0 Å². The second kappa shape index (κ2) is 9.92. The van der Waals surface area contributed by atoms with Gasteiger partial charge in [-0.25, -0.2) is 4.98 Å². The van der Waals surface area contributed by atoms with Gasteiger partial charge in [-0.3, -0.25) is 15.0 Å². The number of rotatable bonds is 6. The van der Waals surface area contributed by atoms with Crippen molar-refractivity contribution in [2.45, 2.75) is 38.1 Å². The van der Waals surface area contributed by atoms with Gasteiger partial charge in [-0.2, -0.15) is 10.4 Å². The Kier molecular flexibility index (Phi) is 6.33. The first-order valence-electron chi connectivity index (χ1n) is 12.9. The van der Waals surface area contributed by atoms with E-state index in [-0.39, 0.29) is 18.6 Å². The lowest BCUT2D eigenvalue weighted by atomic mass is 9.90. The quantitative estimate of drug-likeness (QED) is 0.407. The summed E-state index contributed by atoms with van der Waals surface area (Å²) in [5.74, 6) is 0.735. The van der Waals surface area contributed by atoms with Gasteiger partial charge in [0.2, 0.25) is 0 Å². The third kappa shape index (κ3) is 4.24. The number of piperidine rings is 1. The van der Waals surface area contributed by atoms with Gasteiger partial charge in [0.1, 0.15) is 22.7 Å². The number of nitrogens with zero attached hydrogens (tertiary/aromatic N) is 5. The normalized spacial score (nSPS) is 19.6. The number of aryl methyl sites for hydroxylation is 1. The van der Waals surface area contributed by atoms with Crippen LogP contribution in [-0.2, 0) is 12.8 Å². The van der Waals surface area contributed by atoms with Crippen LogP contribution in [0.15, 0.2) is 42.6 Å². The van der Waals surface area contributed by atoms with Gasteiger partial charge in [0.05, 0.1) is 37.0 Å². The van der Waals surface area contributed by atoms with Crippen molar-refractivity contribution in [3.63, 3.8) is 0 Å². The molecule has 0 radical (unpaired) electrons. The molecule has 8 nitrogen and oxygen atoms in total. The smallest absolute Gasteiger partial charge is 0.147 e. The van der Waals surface area contributed by atoms with Crippen molar-refractivity contribution >= 4 is 11.0 Å². The number of aliphatic hydroxyl groups is 1. The fraction of sp³-hybridized carbons (Fsp3) is 0.379. The fourth-order valence-electron chi connectivity index (χ4n) is 5.90. The van der Waals surface area contributed by atoms with E-state index in [1.54, 1.807) is 7.11 Å². The summed E-state index contributed by atoms with van der Waals surface area (Å²) in [6.45, 7) is 1.45. The van der Waals surface area contributed by atoms with Gasteiger partial charge in [-0.05, 0) is 55.4 Å². The van der Waals surface area contributed by atoms with Crippen molar-refractivity contribution in [1.82, 2.24) is 25.1 Å². The molecule has 1 aliphatic heterocycles. The minimum atomic E-state index is 0.00809. The lowest BCUT2D eigenvalue weighted by Crippen LogP contribution is -2.38. The van der Waals surface area contributed by atoms with E-state index in [1.807, 2.05) is 24.4 Å². The molecule has 1 aliphatic carbocycles. The van der Waals surface area contributed by atoms with Crippen molar-refractivity contribution in [3.05, 3.63) is 59.4 Å². The first-order valence-corrected chi connectivity index (χ1v) is 12.9. The summed E-state index contributed by atoms with van der Waals surface area (Å²) in [5, 5.41) is 26.7. The maximum Gasteiger partial charge on any atom is 0.147 e. The van der Waals surface area contributed by atoms with Gasteiger partial charge in [-0.15, -0.1) is 0 Å². The number of pyridine rings is 2. The van der Waals surface area contributed by atoms with Gasteiger partial charge >= 0.3 is 0 Å². The Morgan fingerprint density at radius 1 is 1.22 bits per heavy atom. The third-order valence-electron chi connectivity index (χ3n) is 7.81. The molecule has 2 unspecified atom stereocenters. The molecule has 0 bridgehead atoms. The van der Waals surface area contributed by atoms with Gasteiger partial charge in [0.25, 0.3) is 0 Å². The van der Waals surface area contributed by atoms with E-state index in [2.05, 4.69) is 39.4 Å². The van der Waals surface area contributed by atoms with Crippen LogP contribution in [-0.4, -0.2) is 57.0 Å². The number of aromatic nitrogens is 4. The molecule has 1 saturated heterocycles. The van der Waals surface area contributed by atoms with E-state index in [0.717, 1.165) is 83.6 Å². The van der Waals surface area contributed by atoms with Crippen LogP contribution >= 0.6 is 0 Å². The Morgan fingerprint density at radius 2 is 2.14 bits per heavy atom. The number of nitrogens with one attached hydrogen (secondary N) is 1. The van der Waals surface area contributed by atoms with Crippen molar-refractivity contribution in [2.24, 2.45) is 5.92 Å². The second-order valence-corrected chi connectivity index (χ2v) is 9.90. The third-order valence-corrected chi connectivity index (χ3v) is 7.81. The molecule has 1 fully saturated rings. The predicted molar refractivity (Wildman–Crippen MR) is 141 cm³/mol. The summed E-state index contributed by atoms with van der Waals surface area (Å²) in [5.41, 5.74) is 8.84. The molecule has 2 N–H and O–H groups in total. The second-order valence-electron chi connectivity index (χ2n) is 9.90. The van der Waals surface area contributed by atoms with Gasteiger partial charge in [0, 0.05) is 42.4 Å². The number of H-pyrrole nitrogens is 1. The van der Waals surface area contributed by atoms with Crippen molar-refractivity contribution in [2.75, 3.05) is 26.8 Å². The molecule has 0 amide bonds. The molecule has 4 heterocycles. The highest BCUT2D eigenvalue weighted by molar-refractivity contribution is 5.93. The number of hydrogen-bond acceptors (Lipinski definition) is 7. The first kappa shape index (κ1) is 23.6. The minimum Gasteiger partial charge on any atom is -0.494 e. The van der Waals surface area contributed by atoms with E-state index in [0.29, 0.717) is 6.54 Å². The Hall–Kier alpha value is -3.80. The molecule has 37 heavy (non-hydrogen) atoms. The Balaban J connectivity index is 1.37. The number of benzene rings is 1. The molecule has 2 atom stereocenters. The summed E-state index contributed by atoms with van der Waals surface area (Å²) in [4.78, 5) is 12.1. The lowest BCUT2D eigenvalue weighted by Gasteiger charge is -2.36. The highest BCUT2D eigenvalue weighted by Crippen LogP contribution is 2.39. The standard InChI is InChI=1S/C29H30N6O2/c1-37-26-15-24-29(32-28(26)22-7-3-5-19-4-2-6-21(19)22)27(34-33-24)20-8-9-23(31-17-20)25-14-18(16-30)10-11-35(25)12-13-36/h3,5,7-9,15,17-18,25,36H,2,4,6,10-14H2,1H3,(H,33,34). The zero-order valence-electron chi connectivity index (χ0n) is 20.9. The average Bonchev–Trinajstić information content (AvgIpc) is 3.60. The number of likely N-dealkylation sites (tertiary alicyclic amines) is 1. The number of hydrogen-bond donors (Lipinski definition) is 2. The molecule has 0 saturated carbocycles. The summed E-state index contributed by atoms with van der Waals surface area (Å²) in [6, 6.07) is 14.9. The molecular weight excluding hydrogens is 464 g/mol. The van der Waals surface area contributed by atoms with Crippen LogP contribution in [0, 0.1) is 17.2 Å². The Morgan fingerprint density at radius 3 is 2.92 bits per heavy atom. The molecule has 0 spiro atoms. The highest BCUT2D eigenvalue weighted by atomic mass is 16.5. The number of methoxy groups -OCH3 is 1. The van der Waals surface area contributed by atoms with Crippen LogP contribution < -0.4 is 4.74 Å². The fourth-order valence-corrected chi connectivity index (χ4v) is 5.90. The highest BCUT2D eigenvalue weighted by Gasteiger charge is 2.30. The number of ether oxygens (including phenoxy) is 1. The number of β-amino-alcohol motifs (C(OH)–C–C–N with tert-alkyl or cyclic N) is 1. The topological polar surface area (TPSA) is 111 Å². The number of fused-ring (bicyclic) bond motifs is 2. The summed E-state index contributed by atoms with van der Waals surface area (Å²) in [6.07, 6.45) is 6.71. The molecule has 2 aliphatic rings. The van der Waals surface area contributed by atoms with Crippen LogP contribution in [0.1, 0.15) is 42.1 Å². The van der Waals surface area contributed by atoms with Crippen LogP contribution in [0.25, 0.3) is 33.5 Å². The number of aromatic amines is 1. The van der Waals surface area contributed by atoms with E-state index in [4.69, 9.17) is 14.7 Å². The minimum absolute atomic E-state index is 0.00809. The predicted octanol–water partition coefficient (Wildman–Crippen LogP) is 4.45. The number of nitriles is 1. The van der Waals surface area contributed by atoms with Crippen LogP contribution in [0.4, 0.5) is 0 Å². The zero-order valence-corrected chi connectivity index (χ0v) is 20.9. The largest absolute Gasteiger partial charge is 0.494 e. The molecule has 3 aromatic heterocycles. The summed E-state index contributed by atoms with van der Waals surface area (Å²) < 4.78 is 5.75. The van der Waals surface area contributed by atoms with Gasteiger partial charge < -0.3 is 9.84 Å². The Bertz CT molecular complexity index is 1470.